The molecule has 1 aromatic carbocycles. The Kier molecular flexibility index (Phi) is 7.30. The summed E-state index contributed by atoms with van der Waals surface area (Å²) in [5.74, 6) is 0. The predicted octanol–water partition coefficient (Wildman–Crippen LogP) is 5.01. The minimum absolute atomic E-state index is 0.265. The molecule has 3 heteroatoms. The standard InChI is InChI=1S/C19H35NOSi/c1-16(20-5)15-18(21-22(6,7)19(2,3)4)14-13-17-11-9-8-10-12-17/h8-12,16,18,20H,13-15H2,1-7H3/t16-,18-/m0/s1. The lowest BCUT2D eigenvalue weighted by Gasteiger charge is -2.40. The Hall–Kier alpha value is -0.643. The SMILES string of the molecule is CN[C@@H](C)C[C@H](CCc1ccccc1)O[Si](C)(C)C(C)(C)C. The molecule has 0 aromatic heterocycles. The second kappa shape index (κ2) is 8.28. The van der Waals surface area contributed by atoms with Crippen LogP contribution in [-0.4, -0.2) is 27.5 Å². The van der Waals surface area contributed by atoms with E-state index in [1.807, 2.05) is 7.05 Å². The van der Waals surface area contributed by atoms with E-state index in [1.165, 1.54) is 5.56 Å². The molecule has 0 aliphatic rings. The summed E-state index contributed by atoms with van der Waals surface area (Å²) >= 11 is 0. The first-order chi connectivity index (χ1) is 10.2. The molecular weight excluding hydrogens is 286 g/mol. The van der Waals surface area contributed by atoms with Crippen LogP contribution < -0.4 is 5.32 Å². The van der Waals surface area contributed by atoms with Gasteiger partial charge in [0, 0.05) is 12.1 Å². The normalized spacial score (nSPS) is 15.6. The average Bonchev–Trinajstić information content (AvgIpc) is 2.44. The highest BCUT2D eigenvalue weighted by Crippen LogP contribution is 2.38. The van der Waals surface area contributed by atoms with E-state index in [0.717, 1.165) is 19.3 Å². The number of hydrogen-bond donors (Lipinski definition) is 1. The molecule has 2 atom stereocenters. The van der Waals surface area contributed by atoms with Crippen molar-refractivity contribution in [2.24, 2.45) is 0 Å². The van der Waals surface area contributed by atoms with Crippen molar-refractivity contribution in [2.45, 2.75) is 77.2 Å². The Labute approximate surface area is 138 Å². The molecule has 0 saturated heterocycles. The molecule has 1 aromatic rings. The number of nitrogens with one attached hydrogen (secondary N) is 1. The molecule has 0 unspecified atom stereocenters. The number of aryl methyl sites for hydroxylation is 1. The van der Waals surface area contributed by atoms with Crippen LogP contribution in [0.5, 0.6) is 0 Å². The topological polar surface area (TPSA) is 21.3 Å². The van der Waals surface area contributed by atoms with Crippen molar-refractivity contribution in [3.63, 3.8) is 0 Å². The lowest BCUT2D eigenvalue weighted by Crippen LogP contribution is -2.45. The van der Waals surface area contributed by atoms with Gasteiger partial charge in [-0.25, -0.2) is 0 Å². The van der Waals surface area contributed by atoms with Crippen molar-refractivity contribution in [3.8, 4) is 0 Å². The smallest absolute Gasteiger partial charge is 0.192 e. The van der Waals surface area contributed by atoms with E-state index in [1.54, 1.807) is 0 Å². The molecule has 1 N–H and O–H groups in total. The number of rotatable bonds is 8. The third kappa shape index (κ3) is 6.23. The van der Waals surface area contributed by atoms with Gasteiger partial charge in [0.15, 0.2) is 8.32 Å². The minimum atomic E-state index is -1.71. The lowest BCUT2D eigenvalue weighted by atomic mass is 10.0. The van der Waals surface area contributed by atoms with Gasteiger partial charge in [-0.2, -0.15) is 0 Å². The summed E-state index contributed by atoms with van der Waals surface area (Å²) in [6.07, 6.45) is 3.61. The van der Waals surface area contributed by atoms with E-state index in [9.17, 15) is 0 Å². The summed E-state index contributed by atoms with van der Waals surface area (Å²) in [7, 11) is 0.319. The molecule has 0 fully saturated rings. The Morgan fingerprint density at radius 2 is 1.73 bits per heavy atom. The Morgan fingerprint density at radius 1 is 1.14 bits per heavy atom. The fourth-order valence-electron chi connectivity index (χ4n) is 2.30. The average molecular weight is 322 g/mol. The molecule has 0 radical (unpaired) electrons. The van der Waals surface area contributed by atoms with Crippen molar-refractivity contribution >= 4 is 8.32 Å². The van der Waals surface area contributed by atoms with Gasteiger partial charge in [0.25, 0.3) is 0 Å². The van der Waals surface area contributed by atoms with Crippen molar-refractivity contribution in [1.29, 1.82) is 0 Å². The van der Waals surface area contributed by atoms with Crippen LogP contribution in [0.3, 0.4) is 0 Å². The van der Waals surface area contributed by atoms with E-state index in [2.05, 4.69) is 76.4 Å². The van der Waals surface area contributed by atoms with Crippen LogP contribution in [0.4, 0.5) is 0 Å². The third-order valence-corrected chi connectivity index (χ3v) is 9.51. The Balaban J connectivity index is 2.71. The van der Waals surface area contributed by atoms with E-state index in [-0.39, 0.29) is 5.04 Å². The van der Waals surface area contributed by atoms with Crippen molar-refractivity contribution in [2.75, 3.05) is 7.05 Å². The summed E-state index contributed by atoms with van der Waals surface area (Å²) in [6, 6.07) is 11.2. The number of benzene rings is 1. The van der Waals surface area contributed by atoms with Gasteiger partial charge in [-0.3, -0.25) is 0 Å². The predicted molar refractivity (Wildman–Crippen MR) is 100.0 cm³/mol. The summed E-state index contributed by atoms with van der Waals surface area (Å²) in [5.41, 5.74) is 1.41. The van der Waals surface area contributed by atoms with Crippen molar-refractivity contribution in [3.05, 3.63) is 35.9 Å². The van der Waals surface area contributed by atoms with Gasteiger partial charge in [0.1, 0.15) is 0 Å². The third-order valence-electron chi connectivity index (χ3n) is 4.97. The van der Waals surface area contributed by atoms with Crippen LogP contribution in [0.15, 0.2) is 30.3 Å². The highest BCUT2D eigenvalue weighted by Gasteiger charge is 2.39. The van der Waals surface area contributed by atoms with Gasteiger partial charge < -0.3 is 9.74 Å². The van der Waals surface area contributed by atoms with Crippen LogP contribution in [-0.2, 0) is 10.8 Å². The molecule has 0 saturated carbocycles. The highest BCUT2D eigenvalue weighted by atomic mass is 28.4. The van der Waals surface area contributed by atoms with Gasteiger partial charge in [-0.05, 0) is 56.9 Å². The fourth-order valence-corrected chi connectivity index (χ4v) is 3.70. The summed E-state index contributed by atoms with van der Waals surface area (Å²) < 4.78 is 6.70. The quantitative estimate of drug-likeness (QED) is 0.680. The molecular formula is C19H35NOSi. The first-order valence-electron chi connectivity index (χ1n) is 8.54. The zero-order valence-electron chi connectivity index (χ0n) is 15.6. The maximum atomic E-state index is 6.70. The largest absolute Gasteiger partial charge is 0.414 e. The van der Waals surface area contributed by atoms with E-state index in [0.29, 0.717) is 12.1 Å². The van der Waals surface area contributed by atoms with Gasteiger partial charge in [-0.1, -0.05) is 51.1 Å². The first kappa shape index (κ1) is 19.4. The second-order valence-electron chi connectivity index (χ2n) is 7.95. The molecule has 0 aliphatic carbocycles. The first-order valence-corrected chi connectivity index (χ1v) is 11.5. The Morgan fingerprint density at radius 3 is 2.23 bits per heavy atom. The van der Waals surface area contributed by atoms with Crippen LogP contribution >= 0.6 is 0 Å². The molecule has 0 spiro atoms. The van der Waals surface area contributed by atoms with E-state index >= 15 is 0 Å². The van der Waals surface area contributed by atoms with Gasteiger partial charge in [0.05, 0.1) is 0 Å². The molecule has 1 rings (SSSR count). The lowest BCUT2D eigenvalue weighted by molar-refractivity contribution is 0.151. The van der Waals surface area contributed by atoms with E-state index in [4.69, 9.17) is 4.43 Å². The molecule has 0 bridgehead atoms. The zero-order valence-corrected chi connectivity index (χ0v) is 16.6. The fraction of sp³-hybridized carbons (Fsp3) is 0.684. The van der Waals surface area contributed by atoms with Crippen molar-refractivity contribution in [1.82, 2.24) is 5.32 Å². The molecule has 126 valence electrons. The molecule has 22 heavy (non-hydrogen) atoms. The maximum absolute atomic E-state index is 6.70. The van der Waals surface area contributed by atoms with Gasteiger partial charge >= 0.3 is 0 Å². The van der Waals surface area contributed by atoms with E-state index < -0.39 is 8.32 Å². The Bertz CT molecular complexity index is 425. The molecule has 2 nitrogen and oxygen atoms in total. The molecule has 0 amide bonds. The summed E-state index contributed by atoms with van der Waals surface area (Å²) in [5, 5.41) is 3.62. The van der Waals surface area contributed by atoms with Gasteiger partial charge in [-0.15, -0.1) is 0 Å². The molecule has 0 aliphatic heterocycles. The second-order valence-corrected chi connectivity index (χ2v) is 12.7. The van der Waals surface area contributed by atoms with Crippen LogP contribution in [0.25, 0.3) is 0 Å². The highest BCUT2D eigenvalue weighted by molar-refractivity contribution is 6.74. The number of hydrogen-bond acceptors (Lipinski definition) is 2. The van der Waals surface area contributed by atoms with Crippen LogP contribution in [0.2, 0.25) is 18.1 Å². The minimum Gasteiger partial charge on any atom is -0.414 e. The molecule has 0 heterocycles. The van der Waals surface area contributed by atoms with Crippen LogP contribution in [0.1, 0.15) is 46.1 Å². The van der Waals surface area contributed by atoms with Crippen molar-refractivity contribution < 1.29 is 4.43 Å². The van der Waals surface area contributed by atoms with Crippen LogP contribution in [0, 0.1) is 0 Å². The summed E-state index contributed by atoms with van der Waals surface area (Å²) in [4.78, 5) is 0. The maximum Gasteiger partial charge on any atom is 0.192 e. The van der Waals surface area contributed by atoms with Gasteiger partial charge in [0.2, 0.25) is 0 Å². The monoisotopic (exact) mass is 321 g/mol. The zero-order chi connectivity index (χ0) is 16.8. The summed E-state index contributed by atoms with van der Waals surface area (Å²) in [6.45, 7) is 13.9.